The summed E-state index contributed by atoms with van der Waals surface area (Å²) in [7, 11) is 1.27. The van der Waals surface area contributed by atoms with Gasteiger partial charge in [-0.3, -0.25) is 14.3 Å². The summed E-state index contributed by atoms with van der Waals surface area (Å²) in [6.45, 7) is 6.02. The number of nitrogens with zero attached hydrogens (tertiary/aromatic N) is 5. The summed E-state index contributed by atoms with van der Waals surface area (Å²) in [5.41, 5.74) is -0.498. The second kappa shape index (κ2) is 12.8. The fourth-order valence-corrected chi connectivity index (χ4v) is 6.03. The van der Waals surface area contributed by atoms with Crippen molar-refractivity contribution >= 4 is 46.2 Å². The van der Waals surface area contributed by atoms with Crippen LogP contribution < -0.4 is 10.2 Å². The zero-order valence-corrected chi connectivity index (χ0v) is 24.4. The molecule has 0 radical (unpaired) electrons. The number of aliphatic carboxylic acids is 2. The highest BCUT2D eigenvalue weighted by molar-refractivity contribution is 6.17. The van der Waals surface area contributed by atoms with Crippen molar-refractivity contribution in [3.05, 3.63) is 29.6 Å². The van der Waals surface area contributed by atoms with E-state index in [9.17, 15) is 39.8 Å². The summed E-state index contributed by atoms with van der Waals surface area (Å²) >= 11 is 0. The van der Waals surface area contributed by atoms with Crippen LogP contribution in [0.15, 0.2) is 18.2 Å². The zero-order valence-electron chi connectivity index (χ0n) is 24.4. The summed E-state index contributed by atoms with van der Waals surface area (Å²) < 4.78 is 5.73. The topological polar surface area (TPSA) is 198 Å². The maximum atomic E-state index is 14.1. The molecule has 14 heteroatoms. The minimum Gasteiger partial charge on any atom is -0.478 e. The van der Waals surface area contributed by atoms with Gasteiger partial charge in [0, 0.05) is 43.7 Å². The molecular weight excluding hydrogens is 560 g/mol. The first-order valence-electron chi connectivity index (χ1n) is 14.1. The van der Waals surface area contributed by atoms with Gasteiger partial charge in [0.15, 0.2) is 5.82 Å². The largest absolute Gasteiger partial charge is 0.478 e. The third-order valence-corrected chi connectivity index (χ3v) is 8.40. The van der Waals surface area contributed by atoms with Gasteiger partial charge in [-0.25, -0.2) is 19.4 Å². The van der Waals surface area contributed by atoms with Crippen LogP contribution in [0.25, 0.3) is 16.7 Å². The maximum absolute atomic E-state index is 14.1. The second-order valence-electron chi connectivity index (χ2n) is 11.3. The Labute approximate surface area is 248 Å². The molecular formula is C29H36N6O8. The van der Waals surface area contributed by atoms with Gasteiger partial charge in [0.1, 0.15) is 11.8 Å². The van der Waals surface area contributed by atoms with Gasteiger partial charge in [0.2, 0.25) is 5.78 Å². The van der Waals surface area contributed by atoms with Gasteiger partial charge in [-0.05, 0) is 44.7 Å². The molecule has 1 aromatic carbocycles. The van der Waals surface area contributed by atoms with Crippen molar-refractivity contribution in [2.45, 2.75) is 51.6 Å². The quantitative estimate of drug-likeness (QED) is 0.243. The Hall–Kier alpha value is -4.48. The SMILES string of the molecule is COC(=O)NC1CCC(C)(C(=O)c2nc3cc(C#N)c(N4CCN(CCO)C[C@@H]4C)cc3n2/C(=C\C(=O)O)C(=O)O)CC1. The van der Waals surface area contributed by atoms with E-state index < -0.39 is 34.9 Å². The Kier molecular flexibility index (Phi) is 9.37. The van der Waals surface area contributed by atoms with Crippen LogP contribution in [0.3, 0.4) is 0 Å². The average molecular weight is 597 g/mol. The Morgan fingerprint density at radius 2 is 1.91 bits per heavy atom. The Morgan fingerprint density at radius 3 is 2.47 bits per heavy atom. The monoisotopic (exact) mass is 596 g/mol. The van der Waals surface area contributed by atoms with Crippen LogP contribution >= 0.6 is 0 Å². The van der Waals surface area contributed by atoms with Crippen molar-refractivity contribution in [1.82, 2.24) is 19.8 Å². The van der Waals surface area contributed by atoms with Crippen molar-refractivity contribution in [1.29, 1.82) is 5.26 Å². The molecule has 2 fully saturated rings. The number of aromatic nitrogens is 2. The number of anilines is 1. The Bertz CT molecular complexity index is 1500. The van der Waals surface area contributed by atoms with Gasteiger partial charge in [-0.15, -0.1) is 0 Å². The Morgan fingerprint density at radius 1 is 1.21 bits per heavy atom. The number of imidazole rings is 1. The number of β-amino-alcohol motifs (C(OH)–C–C–N with tert-alkyl or cyclic N) is 1. The number of carboxylic acid groups (broad SMARTS) is 2. The standard InChI is InChI=1S/C29H36N6O8/c1-17-16-33(10-11-36)8-9-34(17)21-13-22-20(12-18(21)15-30)32-26(35(22)23(27(40)41)14-24(37)38)25(39)29(2)6-4-19(5-7-29)31-28(42)43-3/h12-14,17,19,36H,4-11,16H2,1-3H3,(H,31,42)(H,37,38)(H,40,41)/b23-14-/t17-,19?,29?/m0/s1. The molecule has 4 N–H and O–H groups in total. The number of benzene rings is 1. The van der Waals surface area contributed by atoms with Crippen LogP contribution in [0.4, 0.5) is 10.5 Å². The average Bonchev–Trinajstić information content (AvgIpc) is 3.33. The van der Waals surface area contributed by atoms with Crippen LogP contribution in [0, 0.1) is 16.7 Å². The fraction of sp³-hybridized carbons (Fsp3) is 0.517. The molecule has 1 aliphatic heterocycles. The molecule has 1 aromatic heterocycles. The van der Waals surface area contributed by atoms with Crippen LogP contribution in [-0.4, -0.2) is 106 Å². The van der Waals surface area contributed by atoms with E-state index >= 15 is 0 Å². The van der Waals surface area contributed by atoms with Gasteiger partial charge in [-0.1, -0.05) is 6.92 Å². The molecule has 1 atom stereocenters. The molecule has 2 heterocycles. The number of fused-ring (bicyclic) bond motifs is 1. The number of ketones is 1. The lowest BCUT2D eigenvalue weighted by atomic mass is 9.71. The summed E-state index contributed by atoms with van der Waals surface area (Å²) in [6, 6.07) is 5.00. The van der Waals surface area contributed by atoms with E-state index in [2.05, 4.69) is 26.0 Å². The molecule has 1 amide bonds. The third-order valence-electron chi connectivity index (χ3n) is 8.40. The summed E-state index contributed by atoms with van der Waals surface area (Å²) in [5.74, 6) is -3.79. The van der Waals surface area contributed by atoms with E-state index in [1.807, 2.05) is 11.8 Å². The van der Waals surface area contributed by atoms with Crippen LogP contribution in [-0.2, 0) is 14.3 Å². The van der Waals surface area contributed by atoms with Crippen molar-refractivity contribution in [2.75, 3.05) is 44.8 Å². The number of alkyl carbamates (subject to hydrolysis) is 1. The number of hydrogen-bond acceptors (Lipinski definition) is 10. The molecule has 43 heavy (non-hydrogen) atoms. The van der Waals surface area contributed by atoms with E-state index in [1.165, 1.54) is 13.2 Å². The smallest absolute Gasteiger partial charge is 0.407 e. The van der Waals surface area contributed by atoms with E-state index in [0.717, 1.165) is 4.57 Å². The molecule has 1 aliphatic carbocycles. The highest BCUT2D eigenvalue weighted by Gasteiger charge is 2.41. The van der Waals surface area contributed by atoms with Gasteiger partial charge < -0.3 is 30.3 Å². The predicted molar refractivity (Wildman–Crippen MR) is 155 cm³/mol. The van der Waals surface area contributed by atoms with Crippen molar-refractivity contribution < 1.29 is 39.2 Å². The minimum absolute atomic E-state index is 0.0212. The highest BCUT2D eigenvalue weighted by Crippen LogP contribution is 2.40. The molecule has 4 rings (SSSR count). The van der Waals surface area contributed by atoms with E-state index in [1.54, 1.807) is 13.0 Å². The highest BCUT2D eigenvalue weighted by atomic mass is 16.5. The summed E-state index contributed by atoms with van der Waals surface area (Å²) in [6.07, 6.45) is 1.61. The van der Waals surface area contributed by atoms with Crippen molar-refractivity contribution in [3.8, 4) is 6.07 Å². The molecule has 230 valence electrons. The normalized spacial score (nSPS) is 23.0. The van der Waals surface area contributed by atoms with Gasteiger partial charge in [0.05, 0.1) is 42.1 Å². The maximum Gasteiger partial charge on any atom is 0.407 e. The molecule has 2 aromatic rings. The first-order chi connectivity index (χ1) is 20.4. The number of piperazine rings is 1. The number of nitrogens with one attached hydrogen (secondary N) is 1. The predicted octanol–water partition coefficient (Wildman–Crippen LogP) is 1.91. The number of methoxy groups -OCH3 is 1. The number of carbonyl (C=O) groups is 4. The molecule has 2 aliphatic rings. The number of aliphatic hydroxyl groups is 1. The number of carbonyl (C=O) groups excluding carboxylic acids is 2. The van der Waals surface area contributed by atoms with Crippen LogP contribution in [0.2, 0.25) is 0 Å². The number of hydrogen-bond donors (Lipinski definition) is 4. The van der Waals surface area contributed by atoms with Crippen molar-refractivity contribution in [2.24, 2.45) is 5.41 Å². The Balaban J connectivity index is 1.83. The van der Waals surface area contributed by atoms with Gasteiger partial charge >= 0.3 is 18.0 Å². The number of nitriles is 1. The van der Waals surface area contributed by atoms with Crippen LogP contribution in [0.1, 0.15) is 55.7 Å². The molecule has 0 unspecified atom stereocenters. The first-order valence-corrected chi connectivity index (χ1v) is 14.1. The number of rotatable bonds is 9. The lowest BCUT2D eigenvalue weighted by Gasteiger charge is -2.41. The lowest BCUT2D eigenvalue weighted by molar-refractivity contribution is -0.133. The number of ether oxygens (including phenoxy) is 1. The molecule has 0 bridgehead atoms. The molecule has 1 saturated heterocycles. The minimum atomic E-state index is -1.57. The van der Waals surface area contributed by atoms with Gasteiger partial charge in [-0.2, -0.15) is 5.26 Å². The molecule has 1 saturated carbocycles. The number of aliphatic hydroxyl groups excluding tert-OH is 1. The number of Topliss-reactive ketones (excluding diaryl/α,β-unsaturated/α-hetero) is 1. The van der Waals surface area contributed by atoms with E-state index in [-0.39, 0.29) is 41.1 Å². The first kappa shape index (κ1) is 31.5. The third kappa shape index (κ3) is 6.47. The number of amides is 1. The second-order valence-corrected chi connectivity index (χ2v) is 11.3. The number of carboxylic acids is 2. The fourth-order valence-electron chi connectivity index (χ4n) is 6.03. The molecule has 0 spiro atoms. The zero-order chi connectivity index (χ0) is 31.5. The lowest BCUT2D eigenvalue weighted by Crippen LogP contribution is -2.52. The van der Waals surface area contributed by atoms with Gasteiger partial charge in [0.25, 0.3) is 0 Å². The summed E-state index contributed by atoms with van der Waals surface area (Å²) in [4.78, 5) is 58.5. The van der Waals surface area contributed by atoms with E-state index in [4.69, 9.17) is 0 Å². The van der Waals surface area contributed by atoms with Crippen molar-refractivity contribution in [3.63, 3.8) is 0 Å². The molecule has 14 nitrogen and oxygen atoms in total. The van der Waals surface area contributed by atoms with E-state index in [0.29, 0.717) is 63.6 Å². The summed E-state index contributed by atoms with van der Waals surface area (Å²) in [5, 5.41) is 41.7. The van der Waals surface area contributed by atoms with Crippen LogP contribution in [0.5, 0.6) is 0 Å².